The summed E-state index contributed by atoms with van der Waals surface area (Å²) in [5.74, 6) is 4.90. The number of nitrogens with one attached hydrogen (secondary N) is 3. The van der Waals surface area contributed by atoms with Gasteiger partial charge in [-0.05, 0) is 146 Å². The van der Waals surface area contributed by atoms with Gasteiger partial charge in [0, 0.05) is 202 Å². The molecule has 0 amide bonds. The number of rotatable bonds is 31. The third kappa shape index (κ3) is 25.7. The van der Waals surface area contributed by atoms with Gasteiger partial charge in [-0.25, -0.2) is 20.2 Å². The molecule has 15 heterocycles. The van der Waals surface area contributed by atoms with Crippen molar-refractivity contribution in [3.8, 4) is 11.5 Å². The Morgan fingerprint density at radius 3 is 1.15 bits per heavy atom. The van der Waals surface area contributed by atoms with Crippen molar-refractivity contribution < 1.29 is 38.2 Å². The zero-order valence-corrected chi connectivity index (χ0v) is 88.7. The number of halogens is 3. The van der Waals surface area contributed by atoms with Crippen molar-refractivity contribution in [3.63, 3.8) is 0 Å². The first-order valence-corrected chi connectivity index (χ1v) is 61.8. The molecule has 0 bridgehead atoms. The van der Waals surface area contributed by atoms with E-state index in [0.717, 1.165) is 181 Å². The lowest BCUT2D eigenvalue weighted by atomic mass is 10.0. The number of methoxy groups -OCH3 is 2. The molecule has 0 spiro atoms. The molecule has 0 unspecified atom stereocenters. The summed E-state index contributed by atoms with van der Waals surface area (Å²) in [7, 11) is 4.58. The lowest BCUT2D eigenvalue weighted by molar-refractivity contribution is 0.0898. The second-order valence-corrected chi connectivity index (χ2v) is 58.9. The minimum atomic E-state index is -1.20. The number of hydrogen-bond acceptors (Lipinski definition) is 27. The van der Waals surface area contributed by atoms with Gasteiger partial charge in [-0.1, -0.05) is 162 Å². The quantitative estimate of drug-likeness (QED) is 0.0158. The smallest absolute Gasteiger partial charge is 0.231 e. The molecular formula is C103H138Cl3N23O8Si3. The number of hydroxylamine groups is 3. The van der Waals surface area contributed by atoms with Crippen molar-refractivity contribution in [1.29, 1.82) is 0 Å². The van der Waals surface area contributed by atoms with Crippen LogP contribution in [0.2, 0.25) is 92.8 Å². The van der Waals surface area contributed by atoms with Crippen molar-refractivity contribution >= 4 is 155 Å². The van der Waals surface area contributed by atoms with Crippen LogP contribution in [-0.4, -0.2) is 261 Å². The predicted octanol–water partition coefficient (Wildman–Crippen LogP) is 20.7. The Bertz CT molecular complexity index is 6200. The van der Waals surface area contributed by atoms with E-state index in [1.54, 1.807) is 14.2 Å². The van der Waals surface area contributed by atoms with Gasteiger partial charge in [0.2, 0.25) is 22.5 Å². The third-order valence-corrected chi connectivity index (χ3v) is 33.0. The van der Waals surface area contributed by atoms with Crippen LogP contribution in [0, 0.1) is 0 Å². The van der Waals surface area contributed by atoms with E-state index < -0.39 is 24.2 Å². The van der Waals surface area contributed by atoms with E-state index in [9.17, 15) is 0 Å². The Morgan fingerprint density at radius 1 is 0.386 bits per heavy atom. The van der Waals surface area contributed by atoms with E-state index in [1.165, 1.54) is 81.6 Å². The largest absolute Gasteiger partial charge is 0.495 e. The van der Waals surface area contributed by atoms with Gasteiger partial charge in [-0.15, -0.1) is 0 Å². The van der Waals surface area contributed by atoms with Gasteiger partial charge in [-0.3, -0.25) is 24.3 Å². The Balaban J connectivity index is 0.000000136. The maximum absolute atomic E-state index is 6.29. The average molecular weight is 2020 g/mol. The van der Waals surface area contributed by atoms with E-state index in [2.05, 4.69) is 240 Å². The van der Waals surface area contributed by atoms with Gasteiger partial charge >= 0.3 is 0 Å². The van der Waals surface area contributed by atoms with Crippen LogP contribution in [-0.2, 0) is 48.9 Å². The number of ether oxygens (including phenoxy) is 5. The first-order chi connectivity index (χ1) is 67.7. The maximum Gasteiger partial charge on any atom is 0.231 e. The molecule has 37 heteroatoms. The lowest BCUT2D eigenvalue weighted by Gasteiger charge is -2.42. The number of piperazine rings is 2. The van der Waals surface area contributed by atoms with Crippen molar-refractivity contribution in [2.45, 2.75) is 172 Å². The number of piperidine rings is 2. The summed E-state index contributed by atoms with van der Waals surface area (Å²) in [6.07, 6.45) is 15.2. The second-order valence-electron chi connectivity index (χ2n) is 41.0. The molecule has 7 saturated heterocycles. The molecule has 0 aliphatic carbocycles. The lowest BCUT2D eigenvalue weighted by Crippen LogP contribution is -2.52. The molecular weight excluding hydrogens is 1880 g/mol. The number of hydrogen-bond donors (Lipinski definition) is 3. The van der Waals surface area contributed by atoms with Crippen LogP contribution in [0.3, 0.4) is 0 Å². The normalized spacial score (nSPS) is 18.6. The summed E-state index contributed by atoms with van der Waals surface area (Å²) in [6, 6.07) is 56.9. The fourth-order valence-corrected chi connectivity index (χ4v) is 22.0. The second kappa shape index (κ2) is 46.5. The highest BCUT2D eigenvalue weighted by Gasteiger charge is 2.37. The predicted molar refractivity (Wildman–Crippen MR) is 572 cm³/mol. The molecule has 8 aromatic heterocycles. The molecule has 746 valence electrons. The van der Waals surface area contributed by atoms with Gasteiger partial charge in [0.05, 0.1) is 85.1 Å². The first kappa shape index (κ1) is 101. The van der Waals surface area contributed by atoms with Crippen molar-refractivity contribution in [2.24, 2.45) is 0 Å². The number of likely N-dealkylation sites (N-methyl/N-ethyl adjacent to an activating group) is 2. The Morgan fingerprint density at radius 2 is 0.750 bits per heavy atom. The Labute approximate surface area is 840 Å². The minimum absolute atomic E-state index is 0.0539. The molecule has 5 aromatic carbocycles. The molecule has 3 N–H and O–H groups in total. The molecule has 7 fully saturated rings. The van der Waals surface area contributed by atoms with E-state index in [4.69, 9.17) is 92.9 Å². The zero-order chi connectivity index (χ0) is 97.6. The number of fused-ring (bicyclic) bond motifs is 4. The van der Waals surface area contributed by atoms with Crippen molar-refractivity contribution in [2.75, 3.05) is 182 Å². The van der Waals surface area contributed by atoms with Crippen molar-refractivity contribution in [3.05, 3.63) is 209 Å². The van der Waals surface area contributed by atoms with Gasteiger partial charge < -0.3 is 72.6 Å². The minimum Gasteiger partial charge on any atom is -0.495 e. The molecule has 20 rings (SSSR count). The van der Waals surface area contributed by atoms with Gasteiger partial charge in [0.1, 0.15) is 59.4 Å². The fraction of sp³-hybridized carbons (Fsp3) is 0.476. The molecule has 7 aliphatic rings. The van der Waals surface area contributed by atoms with E-state index in [-0.39, 0.29) is 28.7 Å². The van der Waals surface area contributed by atoms with Gasteiger partial charge in [0.25, 0.3) is 0 Å². The topological polar surface area (TPSA) is 261 Å². The summed E-state index contributed by atoms with van der Waals surface area (Å²) >= 11 is 18.1. The molecule has 31 nitrogen and oxygen atoms in total. The number of benzene rings is 5. The number of aromatic amines is 1. The number of anilines is 9. The third-order valence-electron chi connectivity index (χ3n) is 27.3. The molecule has 13 aromatic rings. The molecule has 0 radical (unpaired) electrons. The SMILES string of the molecule is COc1cc(Nc2nc(N3OCC[C@@H]3c3ccccc3)c3cc[nH]c3n2)ccc1N1CCC(N2CCN(C)CC2)CC1.COc1cc(Nc2nc(N3OCC[C@@H]3c3ccccc3)c3ccn(COCC[Si](C)(C)C)c3n2)ccc1N1CCC(N2CCN(C)CC2)CC1.C[Si](C)(C)CCOCn1ccc2c(Cl)nc(Cl)nc21.C[Si](C)(C)CCOCn1ccc2c(N3OCC[C@@H]3c3ccccc3)nc(Cl)nc21. The number of nitrogens with zero attached hydrogens (tertiary/aromatic N) is 20. The number of aromatic nitrogens is 12. The summed E-state index contributed by atoms with van der Waals surface area (Å²) in [4.78, 5) is 73.7. The van der Waals surface area contributed by atoms with Crippen LogP contribution in [0.5, 0.6) is 11.5 Å². The van der Waals surface area contributed by atoms with Crippen LogP contribution < -0.4 is 45.1 Å². The first-order valence-electron chi connectivity index (χ1n) is 49.5. The van der Waals surface area contributed by atoms with E-state index in [1.807, 2.05) is 104 Å². The van der Waals surface area contributed by atoms with Crippen LogP contribution >= 0.6 is 34.8 Å². The monoisotopic (exact) mass is 2010 g/mol. The Hall–Kier alpha value is -10.1. The highest BCUT2D eigenvalue weighted by molar-refractivity contribution is 6.76. The molecule has 140 heavy (non-hydrogen) atoms. The van der Waals surface area contributed by atoms with E-state index >= 15 is 0 Å². The molecule has 7 aliphatic heterocycles. The van der Waals surface area contributed by atoms with Gasteiger partial charge in [0.15, 0.2) is 17.5 Å². The van der Waals surface area contributed by atoms with Gasteiger partial charge in [-0.2, -0.15) is 34.9 Å². The summed E-state index contributed by atoms with van der Waals surface area (Å²) < 4.78 is 35.6. The summed E-state index contributed by atoms with van der Waals surface area (Å²) in [5.41, 5.74) is 10.7. The van der Waals surface area contributed by atoms with E-state index in [0.29, 0.717) is 80.6 Å². The highest BCUT2D eigenvalue weighted by atomic mass is 35.5. The van der Waals surface area contributed by atoms with Crippen molar-refractivity contribution in [1.82, 2.24) is 78.2 Å². The van der Waals surface area contributed by atoms with Crippen LogP contribution in [0.15, 0.2) is 176 Å². The maximum atomic E-state index is 6.29. The average Bonchev–Trinajstić information content (AvgIpc) is 1.63. The molecule has 0 saturated carbocycles. The standard InChI is InChI=1S/C38H54N8O3Si.C32H40N8O2.C21H27ClN4O2Si.C12H17Cl2N3OSi/c1-42-20-22-43(23-21-42)31-13-17-44(18-14-31)34-12-11-30(27-35(34)47-2)39-38-40-36-32(15-19-45(36)28-48-25-26-50(3,4)5)37(41-38)46-33(16-24-49-46)29-9-7-6-8-10-29;1-37-17-19-38(20-18-37)25-11-15-39(16-12-25)28-9-8-24(22-29(28)41-2)34-32-35-30-26(10-14-33-30)31(36-32)40-27(13-21-42-40)23-6-4-3-5-7-23;1-29(2,3)14-13-27-15-25-11-9-17-19(25)23-21(22)24-20(17)26-18(10-12-28-26)16-7-5-4-6-8-16;1-19(2,3)7-6-18-8-17-5-4-9-10(13)15-12(14)16-11(9)17/h6-12,15,19,27,31,33H,13-14,16-18,20-26,28H2,1-5H3,(H,39,40,41);3-10,14,22,25,27H,11-13,15-21H2,1-2H3,(H2,33,34,35,36);4-9,11,18H,10,12-15H2,1-3H3;4-5H,6-8H2,1-3H3/t33-;27-;18-;/m111./s1. The highest BCUT2D eigenvalue weighted by Crippen LogP contribution is 2.45. The van der Waals surface area contributed by atoms with Crippen LogP contribution in [0.25, 0.3) is 44.1 Å². The fourth-order valence-electron chi connectivity index (χ4n) is 19.1. The Kier molecular flexibility index (Phi) is 33.7. The zero-order valence-electron chi connectivity index (χ0n) is 83.4. The number of H-pyrrole nitrogens is 1. The molecule has 3 atom stereocenters. The van der Waals surface area contributed by atoms with Crippen LogP contribution in [0.4, 0.5) is 52.1 Å². The summed E-state index contributed by atoms with van der Waals surface area (Å²) in [6.45, 7) is 40.1. The summed E-state index contributed by atoms with van der Waals surface area (Å²) in [5, 5.41) is 17.0. The van der Waals surface area contributed by atoms with Crippen LogP contribution in [0.1, 0.15) is 79.8 Å².